The van der Waals surface area contributed by atoms with E-state index in [0.717, 1.165) is 23.2 Å². The smallest absolute Gasteiger partial charge is 0.251 e. The molecule has 0 unspecified atom stereocenters. The lowest BCUT2D eigenvalue weighted by atomic mass is 10.0. The van der Waals surface area contributed by atoms with Gasteiger partial charge in [-0.25, -0.2) is 0 Å². The minimum absolute atomic E-state index is 0.0190. The molecule has 2 heteroatoms. The number of nitrogens with one attached hydrogen (secondary N) is 1. The number of hydrogen-bond acceptors (Lipinski definition) is 1. The van der Waals surface area contributed by atoms with Gasteiger partial charge in [0.1, 0.15) is 0 Å². The monoisotopic (exact) mass is 215 g/mol. The van der Waals surface area contributed by atoms with Gasteiger partial charge in [-0.2, -0.15) is 0 Å². The van der Waals surface area contributed by atoms with Crippen LogP contribution in [-0.4, -0.2) is 12.5 Å². The molecule has 0 aromatic heterocycles. The predicted octanol–water partition coefficient (Wildman–Crippen LogP) is 2.78. The molecule has 1 aromatic rings. The first kappa shape index (κ1) is 10.9. The van der Waals surface area contributed by atoms with Crippen LogP contribution in [0.5, 0.6) is 0 Å². The largest absolute Gasteiger partial charge is 0.352 e. The highest BCUT2D eigenvalue weighted by molar-refractivity contribution is 5.98. The first-order valence-electron chi connectivity index (χ1n) is 5.72. The van der Waals surface area contributed by atoms with Crippen LogP contribution < -0.4 is 5.32 Å². The molecule has 1 fully saturated rings. The van der Waals surface area contributed by atoms with Crippen molar-refractivity contribution in [1.29, 1.82) is 0 Å². The molecule has 1 aliphatic rings. The van der Waals surface area contributed by atoms with Crippen molar-refractivity contribution in [2.75, 3.05) is 6.54 Å². The van der Waals surface area contributed by atoms with Crippen molar-refractivity contribution in [1.82, 2.24) is 5.32 Å². The van der Waals surface area contributed by atoms with Gasteiger partial charge in [-0.05, 0) is 42.9 Å². The van der Waals surface area contributed by atoms with Crippen molar-refractivity contribution >= 4 is 12.0 Å². The lowest BCUT2D eigenvalue weighted by Crippen LogP contribution is -2.26. The summed E-state index contributed by atoms with van der Waals surface area (Å²) in [7, 11) is 0. The fraction of sp³-hybridized carbons (Fsp3) is 0.357. The van der Waals surface area contributed by atoms with E-state index in [2.05, 4.69) is 11.9 Å². The van der Waals surface area contributed by atoms with Crippen LogP contribution in [0.15, 0.2) is 24.8 Å². The molecule has 0 radical (unpaired) electrons. The summed E-state index contributed by atoms with van der Waals surface area (Å²) in [4.78, 5) is 11.9. The second kappa shape index (κ2) is 4.52. The Labute approximate surface area is 96.4 Å². The number of carbonyl (C=O) groups excluding carboxylic acids is 1. The van der Waals surface area contributed by atoms with Crippen molar-refractivity contribution in [2.24, 2.45) is 5.92 Å². The lowest BCUT2D eigenvalue weighted by Gasteiger charge is -2.09. The Balaban J connectivity index is 2.14. The molecule has 84 valence electrons. The highest BCUT2D eigenvalue weighted by atomic mass is 16.1. The Morgan fingerprint density at radius 1 is 1.56 bits per heavy atom. The second-order valence-electron chi connectivity index (χ2n) is 4.39. The molecule has 2 nitrogen and oxygen atoms in total. The maximum Gasteiger partial charge on any atom is 0.251 e. The summed E-state index contributed by atoms with van der Waals surface area (Å²) in [5.74, 6) is 0.728. The van der Waals surface area contributed by atoms with Crippen molar-refractivity contribution in [3.63, 3.8) is 0 Å². The van der Waals surface area contributed by atoms with Crippen LogP contribution in [0.1, 0.15) is 34.3 Å². The zero-order chi connectivity index (χ0) is 11.5. The van der Waals surface area contributed by atoms with Crippen molar-refractivity contribution in [3.8, 4) is 0 Å². The zero-order valence-electron chi connectivity index (χ0n) is 9.62. The molecule has 1 aliphatic carbocycles. The number of rotatable bonds is 4. The number of amides is 1. The maximum atomic E-state index is 11.9. The molecule has 1 aromatic carbocycles. The standard InChI is InChI=1S/C14H17NO/c1-3-12-10(2)5-4-6-13(12)14(16)15-9-11-7-8-11/h3-6,11H,1,7-9H2,2H3,(H,15,16). The molecule has 1 amide bonds. The molecule has 0 aliphatic heterocycles. The summed E-state index contributed by atoms with van der Waals surface area (Å²) >= 11 is 0. The summed E-state index contributed by atoms with van der Waals surface area (Å²) in [5, 5.41) is 2.98. The van der Waals surface area contributed by atoms with Crippen LogP contribution in [0.25, 0.3) is 6.08 Å². The van der Waals surface area contributed by atoms with Gasteiger partial charge in [0.15, 0.2) is 0 Å². The molecule has 1 N–H and O–H groups in total. The Hall–Kier alpha value is -1.57. The van der Waals surface area contributed by atoms with E-state index < -0.39 is 0 Å². The third-order valence-corrected chi connectivity index (χ3v) is 3.02. The normalized spacial score (nSPS) is 14.6. The van der Waals surface area contributed by atoms with Crippen LogP contribution in [-0.2, 0) is 0 Å². The van der Waals surface area contributed by atoms with Gasteiger partial charge < -0.3 is 5.32 Å². The average Bonchev–Trinajstić information content (AvgIpc) is 3.09. The van der Waals surface area contributed by atoms with E-state index in [-0.39, 0.29) is 5.91 Å². The van der Waals surface area contributed by atoms with E-state index in [1.807, 2.05) is 25.1 Å². The lowest BCUT2D eigenvalue weighted by molar-refractivity contribution is 0.0951. The molecule has 2 rings (SSSR count). The number of benzene rings is 1. The van der Waals surface area contributed by atoms with Gasteiger partial charge in [-0.3, -0.25) is 4.79 Å². The Bertz CT molecular complexity index is 419. The quantitative estimate of drug-likeness (QED) is 0.822. The second-order valence-corrected chi connectivity index (χ2v) is 4.39. The highest BCUT2D eigenvalue weighted by Gasteiger charge is 2.22. The van der Waals surface area contributed by atoms with Crippen LogP contribution in [0, 0.1) is 12.8 Å². The average molecular weight is 215 g/mol. The summed E-state index contributed by atoms with van der Waals surface area (Å²) in [6, 6.07) is 5.76. The van der Waals surface area contributed by atoms with E-state index in [1.54, 1.807) is 6.08 Å². The molecular weight excluding hydrogens is 198 g/mol. The third kappa shape index (κ3) is 2.32. The molecule has 0 spiro atoms. The van der Waals surface area contributed by atoms with Crippen molar-refractivity contribution in [3.05, 3.63) is 41.5 Å². The molecule has 0 atom stereocenters. The maximum absolute atomic E-state index is 11.9. The van der Waals surface area contributed by atoms with E-state index in [4.69, 9.17) is 0 Å². The molecule has 1 saturated carbocycles. The van der Waals surface area contributed by atoms with E-state index in [1.165, 1.54) is 12.8 Å². The van der Waals surface area contributed by atoms with Gasteiger partial charge in [0.2, 0.25) is 0 Å². The molecule has 16 heavy (non-hydrogen) atoms. The Morgan fingerprint density at radius 2 is 2.31 bits per heavy atom. The number of carbonyl (C=O) groups is 1. The summed E-state index contributed by atoms with van der Waals surface area (Å²) < 4.78 is 0. The summed E-state index contributed by atoms with van der Waals surface area (Å²) in [6.07, 6.45) is 4.26. The van der Waals surface area contributed by atoms with Crippen molar-refractivity contribution < 1.29 is 4.79 Å². The van der Waals surface area contributed by atoms with E-state index in [0.29, 0.717) is 5.92 Å². The topological polar surface area (TPSA) is 29.1 Å². The fourth-order valence-corrected chi connectivity index (χ4v) is 1.80. The molecule has 0 saturated heterocycles. The number of aryl methyl sites for hydroxylation is 1. The number of hydrogen-bond donors (Lipinski definition) is 1. The Morgan fingerprint density at radius 3 is 2.94 bits per heavy atom. The minimum Gasteiger partial charge on any atom is -0.352 e. The van der Waals surface area contributed by atoms with E-state index >= 15 is 0 Å². The van der Waals surface area contributed by atoms with Crippen LogP contribution in [0.2, 0.25) is 0 Å². The summed E-state index contributed by atoms with van der Waals surface area (Å²) in [5.41, 5.74) is 2.76. The SMILES string of the molecule is C=Cc1c(C)cccc1C(=O)NCC1CC1. The van der Waals surface area contributed by atoms with Gasteiger partial charge >= 0.3 is 0 Å². The molecule has 0 heterocycles. The van der Waals surface area contributed by atoms with Crippen LogP contribution >= 0.6 is 0 Å². The van der Waals surface area contributed by atoms with Gasteiger partial charge in [0.05, 0.1) is 0 Å². The van der Waals surface area contributed by atoms with Gasteiger partial charge in [0, 0.05) is 12.1 Å². The third-order valence-electron chi connectivity index (χ3n) is 3.02. The predicted molar refractivity (Wildman–Crippen MR) is 66.3 cm³/mol. The van der Waals surface area contributed by atoms with Crippen molar-refractivity contribution in [2.45, 2.75) is 19.8 Å². The fourth-order valence-electron chi connectivity index (χ4n) is 1.80. The Kier molecular flexibility index (Phi) is 3.09. The van der Waals surface area contributed by atoms with Crippen LogP contribution in [0.3, 0.4) is 0 Å². The van der Waals surface area contributed by atoms with Gasteiger partial charge in [-0.15, -0.1) is 0 Å². The minimum atomic E-state index is 0.0190. The molecule has 0 bridgehead atoms. The molecular formula is C14H17NO. The van der Waals surface area contributed by atoms with Gasteiger partial charge in [-0.1, -0.05) is 24.8 Å². The first-order valence-corrected chi connectivity index (χ1v) is 5.72. The van der Waals surface area contributed by atoms with E-state index in [9.17, 15) is 4.79 Å². The summed E-state index contributed by atoms with van der Waals surface area (Å²) in [6.45, 7) is 6.57. The highest BCUT2D eigenvalue weighted by Crippen LogP contribution is 2.27. The van der Waals surface area contributed by atoms with Gasteiger partial charge in [0.25, 0.3) is 5.91 Å². The first-order chi connectivity index (χ1) is 7.72. The van der Waals surface area contributed by atoms with Crippen LogP contribution in [0.4, 0.5) is 0 Å². The zero-order valence-corrected chi connectivity index (χ0v) is 9.62.